The molecule has 0 amide bonds. The molecule has 0 aliphatic heterocycles. The SMILES string of the molecule is CCC(NC(c1ccccc1)C(CC)CC)c1ccco1. The molecule has 2 aromatic rings. The molecule has 2 atom stereocenters. The van der Waals surface area contributed by atoms with E-state index in [1.54, 1.807) is 6.26 Å². The minimum Gasteiger partial charge on any atom is -0.468 e. The van der Waals surface area contributed by atoms with Gasteiger partial charge < -0.3 is 9.73 Å². The molecule has 1 heterocycles. The molecular weight excluding hydrogens is 258 g/mol. The molecule has 0 aliphatic carbocycles. The smallest absolute Gasteiger partial charge is 0.120 e. The average Bonchev–Trinajstić information content (AvgIpc) is 3.06. The Hall–Kier alpha value is -1.54. The summed E-state index contributed by atoms with van der Waals surface area (Å²) in [4.78, 5) is 0. The topological polar surface area (TPSA) is 25.2 Å². The van der Waals surface area contributed by atoms with E-state index in [4.69, 9.17) is 4.42 Å². The van der Waals surface area contributed by atoms with Crippen LogP contribution >= 0.6 is 0 Å². The molecule has 0 fully saturated rings. The molecule has 21 heavy (non-hydrogen) atoms. The molecule has 1 aromatic carbocycles. The van der Waals surface area contributed by atoms with E-state index in [9.17, 15) is 0 Å². The minimum absolute atomic E-state index is 0.269. The monoisotopic (exact) mass is 285 g/mol. The van der Waals surface area contributed by atoms with Crippen LogP contribution in [0.3, 0.4) is 0 Å². The van der Waals surface area contributed by atoms with Crippen LogP contribution in [-0.4, -0.2) is 0 Å². The quantitative estimate of drug-likeness (QED) is 0.693. The molecular formula is C19H27NO. The second-order valence-electron chi connectivity index (χ2n) is 5.61. The summed E-state index contributed by atoms with van der Waals surface area (Å²) in [6, 6.07) is 15.5. The van der Waals surface area contributed by atoms with Gasteiger partial charge in [-0.05, 0) is 30.0 Å². The van der Waals surface area contributed by atoms with E-state index in [2.05, 4.69) is 62.5 Å². The van der Waals surface area contributed by atoms with E-state index in [0.29, 0.717) is 12.0 Å². The van der Waals surface area contributed by atoms with Crippen molar-refractivity contribution in [3.8, 4) is 0 Å². The first-order chi connectivity index (χ1) is 10.3. The highest BCUT2D eigenvalue weighted by Gasteiger charge is 2.24. The van der Waals surface area contributed by atoms with Gasteiger partial charge in [0.25, 0.3) is 0 Å². The molecule has 0 bridgehead atoms. The first kappa shape index (κ1) is 15.8. The number of hydrogen-bond acceptors (Lipinski definition) is 2. The maximum atomic E-state index is 5.61. The van der Waals surface area contributed by atoms with Crippen molar-refractivity contribution in [1.82, 2.24) is 5.32 Å². The zero-order chi connectivity index (χ0) is 15.1. The van der Waals surface area contributed by atoms with Crippen LogP contribution < -0.4 is 5.32 Å². The maximum Gasteiger partial charge on any atom is 0.120 e. The Bertz CT molecular complexity index is 488. The van der Waals surface area contributed by atoms with Crippen molar-refractivity contribution in [1.29, 1.82) is 0 Å². The van der Waals surface area contributed by atoms with Gasteiger partial charge in [0.15, 0.2) is 0 Å². The van der Waals surface area contributed by atoms with Crippen LogP contribution in [0.15, 0.2) is 53.1 Å². The van der Waals surface area contributed by atoms with Crippen molar-refractivity contribution in [2.45, 2.75) is 52.1 Å². The van der Waals surface area contributed by atoms with Gasteiger partial charge in [0, 0.05) is 6.04 Å². The molecule has 1 aromatic heterocycles. The highest BCUT2D eigenvalue weighted by molar-refractivity contribution is 5.20. The molecule has 0 aliphatic rings. The summed E-state index contributed by atoms with van der Waals surface area (Å²) in [6.45, 7) is 6.76. The first-order valence-electron chi connectivity index (χ1n) is 8.14. The van der Waals surface area contributed by atoms with E-state index in [1.807, 2.05) is 6.07 Å². The predicted octanol–water partition coefficient (Wildman–Crippen LogP) is 5.50. The maximum absolute atomic E-state index is 5.61. The fraction of sp³-hybridized carbons (Fsp3) is 0.474. The summed E-state index contributed by atoms with van der Waals surface area (Å²) >= 11 is 0. The molecule has 2 heteroatoms. The Morgan fingerprint density at radius 3 is 2.14 bits per heavy atom. The second-order valence-corrected chi connectivity index (χ2v) is 5.61. The summed E-state index contributed by atoms with van der Waals surface area (Å²) in [5.74, 6) is 1.67. The van der Waals surface area contributed by atoms with Crippen LogP contribution in [0.25, 0.3) is 0 Å². The lowest BCUT2D eigenvalue weighted by Crippen LogP contribution is -2.31. The molecule has 0 radical (unpaired) electrons. The molecule has 0 spiro atoms. The van der Waals surface area contributed by atoms with Gasteiger partial charge in [0.2, 0.25) is 0 Å². The molecule has 2 nitrogen and oxygen atoms in total. The molecule has 0 saturated carbocycles. The van der Waals surface area contributed by atoms with Crippen molar-refractivity contribution >= 4 is 0 Å². The summed E-state index contributed by atoms with van der Waals surface area (Å²) in [5.41, 5.74) is 1.37. The van der Waals surface area contributed by atoms with Crippen LogP contribution in [0.2, 0.25) is 0 Å². The van der Waals surface area contributed by atoms with E-state index in [-0.39, 0.29) is 6.04 Å². The largest absolute Gasteiger partial charge is 0.468 e. The Labute approximate surface area is 128 Å². The fourth-order valence-electron chi connectivity index (χ4n) is 3.03. The average molecular weight is 285 g/mol. The number of furan rings is 1. The third-order valence-corrected chi connectivity index (χ3v) is 4.35. The van der Waals surface area contributed by atoms with Gasteiger partial charge in [-0.25, -0.2) is 0 Å². The fourth-order valence-corrected chi connectivity index (χ4v) is 3.03. The highest BCUT2D eigenvalue weighted by Crippen LogP contribution is 2.31. The van der Waals surface area contributed by atoms with Gasteiger partial charge in [0.1, 0.15) is 5.76 Å². The lowest BCUT2D eigenvalue weighted by molar-refractivity contribution is 0.285. The van der Waals surface area contributed by atoms with Crippen LogP contribution in [0.5, 0.6) is 0 Å². The molecule has 2 rings (SSSR count). The van der Waals surface area contributed by atoms with Gasteiger partial charge in [-0.15, -0.1) is 0 Å². The van der Waals surface area contributed by atoms with Gasteiger partial charge in [-0.2, -0.15) is 0 Å². The van der Waals surface area contributed by atoms with Gasteiger partial charge in [-0.1, -0.05) is 63.9 Å². The molecule has 1 N–H and O–H groups in total. The van der Waals surface area contributed by atoms with Gasteiger partial charge >= 0.3 is 0 Å². The third-order valence-electron chi connectivity index (χ3n) is 4.35. The van der Waals surface area contributed by atoms with E-state index in [0.717, 1.165) is 12.2 Å². The molecule has 114 valence electrons. The van der Waals surface area contributed by atoms with Crippen LogP contribution in [0.4, 0.5) is 0 Å². The highest BCUT2D eigenvalue weighted by atomic mass is 16.3. The summed E-state index contributed by atoms with van der Waals surface area (Å²) in [7, 11) is 0. The van der Waals surface area contributed by atoms with Crippen LogP contribution in [0.1, 0.15) is 63.4 Å². The Morgan fingerprint density at radius 1 is 0.905 bits per heavy atom. The minimum atomic E-state index is 0.269. The van der Waals surface area contributed by atoms with Gasteiger partial charge in [-0.3, -0.25) is 0 Å². The normalized spacial score (nSPS) is 14.3. The van der Waals surface area contributed by atoms with Crippen molar-refractivity contribution in [2.75, 3.05) is 0 Å². The standard InChI is InChI=1S/C19H27NO/c1-4-15(5-2)19(16-11-8-7-9-12-16)20-17(6-3)18-13-10-14-21-18/h7-15,17,19-20H,4-6H2,1-3H3. The van der Waals surface area contributed by atoms with E-state index in [1.165, 1.54) is 18.4 Å². The third kappa shape index (κ3) is 3.98. The first-order valence-corrected chi connectivity index (χ1v) is 8.14. The summed E-state index contributed by atoms with van der Waals surface area (Å²) in [6.07, 6.45) is 5.14. The zero-order valence-corrected chi connectivity index (χ0v) is 13.4. The second kappa shape index (κ2) is 8.04. The van der Waals surface area contributed by atoms with Crippen LogP contribution in [0, 0.1) is 5.92 Å². The molecule has 2 unspecified atom stereocenters. The Balaban J connectivity index is 2.23. The lowest BCUT2D eigenvalue weighted by atomic mass is 9.88. The van der Waals surface area contributed by atoms with Crippen molar-refractivity contribution < 1.29 is 4.42 Å². The van der Waals surface area contributed by atoms with Gasteiger partial charge in [0.05, 0.1) is 12.3 Å². The predicted molar refractivity (Wildman–Crippen MR) is 88.1 cm³/mol. The summed E-state index contributed by atoms with van der Waals surface area (Å²) in [5, 5.41) is 3.83. The lowest BCUT2D eigenvalue weighted by Gasteiger charge is -2.30. The molecule has 0 saturated heterocycles. The zero-order valence-electron chi connectivity index (χ0n) is 13.4. The van der Waals surface area contributed by atoms with Crippen LogP contribution in [-0.2, 0) is 0 Å². The van der Waals surface area contributed by atoms with E-state index >= 15 is 0 Å². The number of benzene rings is 1. The van der Waals surface area contributed by atoms with Crippen molar-refractivity contribution in [3.05, 3.63) is 60.1 Å². The van der Waals surface area contributed by atoms with Crippen molar-refractivity contribution in [2.24, 2.45) is 5.92 Å². The number of rotatable bonds is 8. The Morgan fingerprint density at radius 2 is 1.62 bits per heavy atom. The van der Waals surface area contributed by atoms with Crippen molar-refractivity contribution in [3.63, 3.8) is 0 Å². The number of nitrogens with one attached hydrogen (secondary N) is 1. The Kier molecular flexibility index (Phi) is 6.06. The summed E-state index contributed by atoms with van der Waals surface area (Å²) < 4.78 is 5.61. The van der Waals surface area contributed by atoms with E-state index < -0.39 is 0 Å². The number of hydrogen-bond donors (Lipinski definition) is 1.